The van der Waals surface area contributed by atoms with Crippen LogP contribution >= 0.6 is 0 Å². The normalized spacial score (nSPS) is 11.4. The van der Waals surface area contributed by atoms with Gasteiger partial charge in [0.1, 0.15) is 5.75 Å². The second kappa shape index (κ2) is 7.79. The number of rotatable bonds is 6. The molecule has 0 atom stereocenters. The number of ether oxygens (including phenoxy) is 1. The Balaban J connectivity index is 1.65. The van der Waals surface area contributed by atoms with E-state index in [1.54, 1.807) is 12.1 Å². The highest BCUT2D eigenvalue weighted by atomic mass is 32.2. The van der Waals surface area contributed by atoms with E-state index in [0.717, 1.165) is 16.5 Å². The van der Waals surface area contributed by atoms with Gasteiger partial charge in [0.05, 0.1) is 23.5 Å². The van der Waals surface area contributed by atoms with E-state index in [0.29, 0.717) is 5.75 Å². The van der Waals surface area contributed by atoms with Crippen molar-refractivity contribution in [1.29, 1.82) is 0 Å². The van der Waals surface area contributed by atoms with Crippen LogP contribution in [0.1, 0.15) is 11.1 Å². The molecule has 7 heteroatoms. The van der Waals surface area contributed by atoms with Gasteiger partial charge in [0.2, 0.25) is 0 Å². The van der Waals surface area contributed by atoms with Gasteiger partial charge in [-0.05, 0) is 30.7 Å². The molecule has 0 bridgehead atoms. The number of aromatic nitrogens is 2. The van der Waals surface area contributed by atoms with Gasteiger partial charge in [-0.15, -0.1) is 0 Å². The molecule has 0 saturated heterocycles. The summed E-state index contributed by atoms with van der Waals surface area (Å²) in [6.07, 6.45) is 4.22. The molecule has 6 nitrogen and oxygen atoms in total. The lowest BCUT2D eigenvalue weighted by Crippen LogP contribution is -2.09. The molecule has 3 aromatic rings. The number of hydrogen-bond acceptors (Lipinski definition) is 5. The highest BCUT2D eigenvalue weighted by Crippen LogP contribution is 2.18. The standard InChI is InChI=1S/C19H17N3O3S/c1-15-7-9-16(10-8-15)11-12-26(23,24)22-17-13-20-19(21-14-17)25-18-5-3-2-4-6-18/h2-14,22H,1H3/b12-11+. The number of sulfonamides is 1. The molecule has 0 unspecified atom stereocenters. The Bertz CT molecular complexity index is 984. The summed E-state index contributed by atoms with van der Waals surface area (Å²) in [5.74, 6) is 0.599. The molecular formula is C19H17N3O3S. The van der Waals surface area contributed by atoms with E-state index in [1.807, 2.05) is 49.4 Å². The van der Waals surface area contributed by atoms with Gasteiger partial charge in [0.15, 0.2) is 0 Å². The smallest absolute Gasteiger partial charge is 0.322 e. The Hall–Kier alpha value is -3.19. The second-order valence-electron chi connectivity index (χ2n) is 5.53. The molecule has 1 heterocycles. The predicted octanol–water partition coefficient (Wildman–Crippen LogP) is 3.99. The Labute approximate surface area is 152 Å². The minimum Gasteiger partial charge on any atom is -0.424 e. The monoisotopic (exact) mass is 367 g/mol. The first-order valence-electron chi connectivity index (χ1n) is 7.83. The maximum absolute atomic E-state index is 12.1. The number of para-hydroxylation sites is 1. The maximum atomic E-state index is 12.1. The fourth-order valence-corrected chi connectivity index (χ4v) is 2.90. The lowest BCUT2D eigenvalue weighted by molar-refractivity contribution is 0.442. The van der Waals surface area contributed by atoms with Gasteiger partial charge in [-0.25, -0.2) is 18.4 Å². The minimum absolute atomic E-state index is 0.134. The molecule has 0 fully saturated rings. The van der Waals surface area contributed by atoms with Gasteiger partial charge in [0.25, 0.3) is 10.0 Å². The molecule has 0 aliphatic carbocycles. The summed E-state index contributed by atoms with van der Waals surface area (Å²) >= 11 is 0. The molecule has 0 radical (unpaired) electrons. The number of benzene rings is 2. The quantitative estimate of drug-likeness (QED) is 0.712. The summed E-state index contributed by atoms with van der Waals surface area (Å²) in [4.78, 5) is 8.00. The van der Waals surface area contributed by atoms with Crippen molar-refractivity contribution in [3.63, 3.8) is 0 Å². The molecule has 1 N–H and O–H groups in total. The van der Waals surface area contributed by atoms with Gasteiger partial charge >= 0.3 is 6.01 Å². The number of hydrogen-bond donors (Lipinski definition) is 1. The molecule has 26 heavy (non-hydrogen) atoms. The number of nitrogens with zero attached hydrogens (tertiary/aromatic N) is 2. The third-order valence-electron chi connectivity index (χ3n) is 3.36. The van der Waals surface area contributed by atoms with Crippen molar-refractivity contribution in [2.75, 3.05) is 4.72 Å². The summed E-state index contributed by atoms with van der Waals surface area (Å²) < 4.78 is 32.1. The zero-order chi connectivity index (χ0) is 18.4. The van der Waals surface area contributed by atoms with Crippen LogP contribution in [0.25, 0.3) is 6.08 Å². The summed E-state index contributed by atoms with van der Waals surface area (Å²) in [5, 5.41) is 1.10. The topological polar surface area (TPSA) is 81.2 Å². The SMILES string of the molecule is Cc1ccc(/C=C/S(=O)(=O)Nc2cnc(Oc3ccccc3)nc2)cc1. The molecule has 0 aliphatic rings. The van der Waals surface area contributed by atoms with Crippen LogP contribution in [0.3, 0.4) is 0 Å². The van der Waals surface area contributed by atoms with Gasteiger partial charge in [0, 0.05) is 0 Å². The molecule has 0 amide bonds. The largest absolute Gasteiger partial charge is 0.424 e. The van der Waals surface area contributed by atoms with Crippen LogP contribution in [-0.2, 0) is 10.0 Å². The van der Waals surface area contributed by atoms with Crippen molar-refractivity contribution in [2.24, 2.45) is 0 Å². The number of anilines is 1. The average Bonchev–Trinajstić information content (AvgIpc) is 2.64. The van der Waals surface area contributed by atoms with Gasteiger partial charge < -0.3 is 4.74 Å². The summed E-state index contributed by atoms with van der Waals surface area (Å²) in [5.41, 5.74) is 2.15. The molecular weight excluding hydrogens is 350 g/mol. The van der Waals surface area contributed by atoms with Crippen molar-refractivity contribution in [1.82, 2.24) is 9.97 Å². The molecule has 2 aromatic carbocycles. The molecule has 0 saturated carbocycles. The van der Waals surface area contributed by atoms with Gasteiger partial charge in [-0.1, -0.05) is 48.0 Å². The summed E-state index contributed by atoms with van der Waals surface area (Å²) in [7, 11) is -3.67. The van der Waals surface area contributed by atoms with Crippen molar-refractivity contribution >= 4 is 21.8 Å². The van der Waals surface area contributed by atoms with E-state index >= 15 is 0 Å². The van der Waals surface area contributed by atoms with Crippen molar-refractivity contribution < 1.29 is 13.2 Å². The zero-order valence-electron chi connectivity index (χ0n) is 14.0. The molecule has 1 aromatic heterocycles. The van der Waals surface area contributed by atoms with E-state index in [2.05, 4.69) is 14.7 Å². The maximum Gasteiger partial charge on any atom is 0.322 e. The van der Waals surface area contributed by atoms with Crippen molar-refractivity contribution in [3.8, 4) is 11.8 Å². The van der Waals surface area contributed by atoms with E-state index in [-0.39, 0.29) is 11.7 Å². The van der Waals surface area contributed by atoms with E-state index in [1.165, 1.54) is 18.5 Å². The average molecular weight is 367 g/mol. The second-order valence-corrected chi connectivity index (χ2v) is 7.10. The third kappa shape index (κ3) is 5.15. The lowest BCUT2D eigenvalue weighted by atomic mass is 10.2. The highest BCUT2D eigenvalue weighted by molar-refractivity contribution is 7.95. The summed E-state index contributed by atoms with van der Waals surface area (Å²) in [6.45, 7) is 1.97. The van der Waals surface area contributed by atoms with Crippen LogP contribution in [0.15, 0.2) is 72.4 Å². The van der Waals surface area contributed by atoms with Crippen molar-refractivity contribution in [2.45, 2.75) is 6.92 Å². The van der Waals surface area contributed by atoms with E-state index in [9.17, 15) is 8.42 Å². The lowest BCUT2D eigenvalue weighted by Gasteiger charge is -2.06. The Morgan fingerprint density at radius 3 is 2.27 bits per heavy atom. The van der Waals surface area contributed by atoms with Crippen molar-refractivity contribution in [3.05, 3.63) is 83.5 Å². The van der Waals surface area contributed by atoms with Crippen LogP contribution in [0.2, 0.25) is 0 Å². The Morgan fingerprint density at radius 2 is 1.62 bits per heavy atom. The molecule has 0 spiro atoms. The van der Waals surface area contributed by atoms with E-state index < -0.39 is 10.0 Å². The van der Waals surface area contributed by atoms with Gasteiger partial charge in [-0.3, -0.25) is 4.72 Å². The highest BCUT2D eigenvalue weighted by Gasteiger charge is 2.07. The summed E-state index contributed by atoms with van der Waals surface area (Å²) in [6, 6.07) is 16.7. The fourth-order valence-electron chi connectivity index (χ4n) is 2.06. The first-order chi connectivity index (χ1) is 12.5. The molecule has 132 valence electrons. The first-order valence-corrected chi connectivity index (χ1v) is 9.37. The van der Waals surface area contributed by atoms with E-state index in [4.69, 9.17) is 4.74 Å². The zero-order valence-corrected chi connectivity index (χ0v) is 14.8. The fraction of sp³-hybridized carbons (Fsp3) is 0.0526. The Kier molecular flexibility index (Phi) is 5.28. The Morgan fingerprint density at radius 1 is 0.962 bits per heavy atom. The third-order valence-corrected chi connectivity index (χ3v) is 4.37. The predicted molar refractivity (Wildman–Crippen MR) is 101 cm³/mol. The first kappa shape index (κ1) is 17.6. The van der Waals surface area contributed by atoms with Crippen LogP contribution in [0.5, 0.6) is 11.8 Å². The van der Waals surface area contributed by atoms with Crippen LogP contribution in [0.4, 0.5) is 5.69 Å². The molecule has 3 rings (SSSR count). The number of aryl methyl sites for hydroxylation is 1. The minimum atomic E-state index is -3.67. The van der Waals surface area contributed by atoms with Crippen LogP contribution in [-0.4, -0.2) is 18.4 Å². The van der Waals surface area contributed by atoms with Crippen LogP contribution in [0, 0.1) is 6.92 Å². The van der Waals surface area contributed by atoms with Crippen LogP contribution < -0.4 is 9.46 Å². The molecule has 0 aliphatic heterocycles. The number of nitrogens with one attached hydrogen (secondary N) is 1. The van der Waals surface area contributed by atoms with Gasteiger partial charge in [-0.2, -0.15) is 0 Å².